The highest BCUT2D eigenvalue weighted by atomic mass is 32.2. The second-order valence-electron chi connectivity index (χ2n) is 5.24. The molecule has 2 rings (SSSR count). The number of anilines is 1. The zero-order chi connectivity index (χ0) is 16.3. The molecule has 1 saturated heterocycles. The van der Waals surface area contributed by atoms with Crippen molar-refractivity contribution in [2.45, 2.75) is 11.8 Å². The Morgan fingerprint density at radius 2 is 1.91 bits per heavy atom. The lowest BCUT2D eigenvalue weighted by atomic mass is 10.2. The van der Waals surface area contributed by atoms with Crippen molar-refractivity contribution in [1.29, 1.82) is 0 Å². The van der Waals surface area contributed by atoms with Gasteiger partial charge >= 0.3 is 5.97 Å². The molecule has 7 nitrogen and oxygen atoms in total. The molecule has 0 aliphatic carbocycles. The number of benzene rings is 1. The average molecular weight is 327 g/mol. The first-order valence-electron chi connectivity index (χ1n) is 7.10. The Hall–Kier alpha value is -1.64. The van der Waals surface area contributed by atoms with Crippen molar-refractivity contribution in [2.75, 3.05) is 44.7 Å². The molecule has 0 radical (unpaired) electrons. The second-order valence-corrected chi connectivity index (χ2v) is 6.77. The van der Waals surface area contributed by atoms with E-state index in [0.717, 1.165) is 13.1 Å². The second kappa shape index (κ2) is 6.64. The molecule has 0 amide bonds. The molecule has 1 aliphatic rings. The summed E-state index contributed by atoms with van der Waals surface area (Å²) >= 11 is 0. The lowest BCUT2D eigenvalue weighted by Gasteiger charge is -2.34. The maximum atomic E-state index is 11.9. The van der Waals surface area contributed by atoms with E-state index in [9.17, 15) is 13.2 Å². The van der Waals surface area contributed by atoms with Gasteiger partial charge in [-0.1, -0.05) is 0 Å². The summed E-state index contributed by atoms with van der Waals surface area (Å²) in [6.45, 7) is 5.00. The number of rotatable bonds is 4. The fourth-order valence-electron chi connectivity index (χ4n) is 2.39. The first-order valence-corrected chi connectivity index (χ1v) is 8.65. The van der Waals surface area contributed by atoms with Crippen LogP contribution in [0.2, 0.25) is 0 Å². The van der Waals surface area contributed by atoms with Crippen LogP contribution >= 0.6 is 0 Å². The molecular weight excluding hydrogens is 306 g/mol. The quantitative estimate of drug-likeness (QED) is 0.798. The molecule has 2 N–H and O–H groups in total. The molecule has 8 heteroatoms. The van der Waals surface area contributed by atoms with Crippen LogP contribution in [0.3, 0.4) is 0 Å². The van der Waals surface area contributed by atoms with Crippen LogP contribution in [0, 0.1) is 0 Å². The van der Waals surface area contributed by atoms with E-state index in [1.165, 1.54) is 6.07 Å². The number of esters is 1. The predicted molar refractivity (Wildman–Crippen MR) is 83.5 cm³/mol. The minimum absolute atomic E-state index is 0.0393. The van der Waals surface area contributed by atoms with E-state index in [2.05, 4.69) is 4.90 Å². The number of likely N-dealkylation sites (N-methyl/N-ethyl adjacent to an activating group) is 1. The molecule has 122 valence electrons. The number of carbonyl (C=O) groups excluding carboxylic acids is 1. The maximum absolute atomic E-state index is 11.9. The molecule has 0 unspecified atom stereocenters. The fraction of sp³-hybridized carbons (Fsp3) is 0.500. The Balaban J connectivity index is 2.40. The number of piperazine rings is 1. The molecule has 22 heavy (non-hydrogen) atoms. The fourth-order valence-corrected chi connectivity index (χ4v) is 3.17. The SMILES string of the molecule is CCOC(=O)c1ccc(N2CCN(C)CC2)c(S(N)(=O)=O)c1. The van der Waals surface area contributed by atoms with Crippen LogP contribution in [0.25, 0.3) is 0 Å². The topological polar surface area (TPSA) is 92.9 Å². The number of nitrogens with two attached hydrogens (primary N) is 1. The highest BCUT2D eigenvalue weighted by molar-refractivity contribution is 7.89. The number of carbonyl (C=O) groups is 1. The van der Waals surface area contributed by atoms with Gasteiger partial charge in [-0.25, -0.2) is 18.4 Å². The minimum atomic E-state index is -3.93. The van der Waals surface area contributed by atoms with Crippen molar-refractivity contribution in [2.24, 2.45) is 5.14 Å². The summed E-state index contributed by atoms with van der Waals surface area (Å²) in [6.07, 6.45) is 0. The van der Waals surface area contributed by atoms with Crippen molar-refractivity contribution in [3.63, 3.8) is 0 Å². The molecule has 0 spiro atoms. The molecule has 1 aromatic carbocycles. The van der Waals surface area contributed by atoms with Gasteiger partial charge in [0.15, 0.2) is 0 Å². The van der Waals surface area contributed by atoms with Crippen molar-refractivity contribution in [3.8, 4) is 0 Å². The Kier molecular flexibility index (Phi) is 5.05. The number of hydrogen-bond donors (Lipinski definition) is 1. The third-order valence-electron chi connectivity index (χ3n) is 3.62. The zero-order valence-electron chi connectivity index (χ0n) is 12.8. The standard InChI is InChI=1S/C14H21N3O4S/c1-3-21-14(18)11-4-5-12(13(10-11)22(15,19)20)17-8-6-16(2)7-9-17/h4-5,10H,3,6-9H2,1-2H3,(H2,15,19,20). The predicted octanol–water partition coefficient (Wildman–Crippen LogP) is 0.263. The van der Waals surface area contributed by atoms with Crippen LogP contribution in [0.1, 0.15) is 17.3 Å². The van der Waals surface area contributed by atoms with E-state index in [-0.39, 0.29) is 17.1 Å². The van der Waals surface area contributed by atoms with E-state index in [1.54, 1.807) is 19.1 Å². The van der Waals surface area contributed by atoms with E-state index >= 15 is 0 Å². The van der Waals surface area contributed by atoms with Crippen molar-refractivity contribution < 1.29 is 17.9 Å². The van der Waals surface area contributed by atoms with Crippen LogP contribution in [0.15, 0.2) is 23.1 Å². The number of sulfonamides is 1. The highest BCUT2D eigenvalue weighted by Crippen LogP contribution is 2.27. The molecule has 1 aliphatic heterocycles. The Bertz CT molecular complexity index is 652. The first kappa shape index (κ1) is 16.7. The van der Waals surface area contributed by atoms with Crippen molar-refractivity contribution >= 4 is 21.7 Å². The summed E-state index contributed by atoms with van der Waals surface area (Å²) in [7, 11) is -1.91. The van der Waals surface area contributed by atoms with E-state index in [4.69, 9.17) is 9.88 Å². The van der Waals surface area contributed by atoms with Gasteiger partial charge in [0.2, 0.25) is 10.0 Å². The molecule has 0 atom stereocenters. The van der Waals surface area contributed by atoms with Crippen LogP contribution < -0.4 is 10.0 Å². The maximum Gasteiger partial charge on any atom is 0.338 e. The van der Waals surface area contributed by atoms with Crippen LogP contribution in [-0.2, 0) is 14.8 Å². The van der Waals surface area contributed by atoms with Gasteiger partial charge in [0.25, 0.3) is 0 Å². The van der Waals surface area contributed by atoms with Gasteiger partial charge in [0, 0.05) is 26.2 Å². The number of ether oxygens (including phenoxy) is 1. The molecule has 0 saturated carbocycles. The van der Waals surface area contributed by atoms with Gasteiger partial charge < -0.3 is 14.5 Å². The zero-order valence-corrected chi connectivity index (χ0v) is 13.6. The number of nitrogens with zero attached hydrogens (tertiary/aromatic N) is 2. The van der Waals surface area contributed by atoms with E-state index in [1.807, 2.05) is 11.9 Å². The van der Waals surface area contributed by atoms with E-state index in [0.29, 0.717) is 18.8 Å². The highest BCUT2D eigenvalue weighted by Gasteiger charge is 2.23. The monoisotopic (exact) mass is 327 g/mol. The molecule has 1 heterocycles. The largest absolute Gasteiger partial charge is 0.462 e. The number of hydrogen-bond acceptors (Lipinski definition) is 6. The third kappa shape index (κ3) is 3.76. The van der Waals surface area contributed by atoms with Gasteiger partial charge in [-0.2, -0.15) is 0 Å². The molecule has 0 aromatic heterocycles. The minimum Gasteiger partial charge on any atom is -0.462 e. The molecule has 1 aromatic rings. The summed E-state index contributed by atoms with van der Waals surface area (Å²) in [5.74, 6) is -0.558. The van der Waals surface area contributed by atoms with Gasteiger partial charge in [0.05, 0.1) is 17.9 Å². The van der Waals surface area contributed by atoms with Crippen molar-refractivity contribution in [1.82, 2.24) is 4.90 Å². The average Bonchev–Trinajstić information content (AvgIpc) is 2.47. The molecular formula is C14H21N3O4S. The Labute approximate surface area is 130 Å². The normalized spacial score (nSPS) is 16.6. The molecule has 0 bridgehead atoms. The Morgan fingerprint density at radius 1 is 1.27 bits per heavy atom. The molecule has 1 fully saturated rings. The van der Waals surface area contributed by atoms with Gasteiger partial charge in [-0.15, -0.1) is 0 Å². The van der Waals surface area contributed by atoms with Crippen molar-refractivity contribution in [3.05, 3.63) is 23.8 Å². The summed E-state index contributed by atoms with van der Waals surface area (Å²) in [6, 6.07) is 4.48. The van der Waals surface area contributed by atoms with Crippen LogP contribution in [0.5, 0.6) is 0 Å². The summed E-state index contributed by atoms with van der Waals surface area (Å²) in [5, 5.41) is 5.32. The lowest BCUT2D eigenvalue weighted by Crippen LogP contribution is -2.45. The summed E-state index contributed by atoms with van der Waals surface area (Å²) < 4.78 is 28.7. The van der Waals surface area contributed by atoms with Gasteiger partial charge in [0.1, 0.15) is 4.90 Å². The first-order chi connectivity index (χ1) is 10.3. The number of primary sulfonamides is 1. The third-order valence-corrected chi connectivity index (χ3v) is 4.56. The van der Waals surface area contributed by atoms with Gasteiger partial charge in [-0.05, 0) is 32.2 Å². The van der Waals surface area contributed by atoms with Crippen LogP contribution in [0.4, 0.5) is 5.69 Å². The summed E-state index contributed by atoms with van der Waals surface area (Å²) in [4.78, 5) is 15.9. The summed E-state index contributed by atoms with van der Waals surface area (Å²) in [5.41, 5.74) is 0.715. The van der Waals surface area contributed by atoms with Gasteiger partial charge in [-0.3, -0.25) is 0 Å². The smallest absolute Gasteiger partial charge is 0.338 e. The van der Waals surface area contributed by atoms with Crippen LogP contribution in [-0.4, -0.2) is 59.1 Å². The van der Waals surface area contributed by atoms with E-state index < -0.39 is 16.0 Å². The lowest BCUT2D eigenvalue weighted by molar-refractivity contribution is 0.0526. The Morgan fingerprint density at radius 3 is 2.45 bits per heavy atom.